The first-order valence-electron chi connectivity index (χ1n) is 4.81. The zero-order valence-corrected chi connectivity index (χ0v) is 9.01. The van der Waals surface area contributed by atoms with Gasteiger partial charge < -0.3 is 5.11 Å². The van der Waals surface area contributed by atoms with E-state index in [0.717, 1.165) is 5.56 Å². The highest BCUT2D eigenvalue weighted by atomic mass is 16.3. The minimum Gasteiger partial charge on any atom is -0.506 e. The molecule has 2 heteroatoms. The Balaban J connectivity index is 0.000000151. The van der Waals surface area contributed by atoms with E-state index in [9.17, 15) is 0 Å². The maximum atomic E-state index is 8.75. The lowest BCUT2D eigenvalue weighted by atomic mass is 10.2. The number of hydrogen-bond acceptors (Lipinski definition) is 2. The summed E-state index contributed by atoms with van der Waals surface area (Å²) in [6, 6.07) is 11.9. The van der Waals surface area contributed by atoms with E-state index in [1.807, 2.05) is 25.1 Å². The molecular formula is C13H15NO. The fraction of sp³-hybridized carbons (Fsp3) is 0.154. The Bertz CT molecular complexity index is 381. The molecule has 0 bridgehead atoms. The molecule has 78 valence electrons. The van der Waals surface area contributed by atoms with Gasteiger partial charge in [0.2, 0.25) is 0 Å². The lowest BCUT2D eigenvalue weighted by molar-refractivity contribution is 0.472. The van der Waals surface area contributed by atoms with Gasteiger partial charge in [0.1, 0.15) is 5.75 Å². The van der Waals surface area contributed by atoms with Crippen LogP contribution in [0.25, 0.3) is 0 Å². The molecule has 0 aliphatic heterocycles. The van der Waals surface area contributed by atoms with Crippen LogP contribution in [-0.2, 0) is 0 Å². The number of aryl methyl sites for hydroxylation is 2. The summed E-state index contributed by atoms with van der Waals surface area (Å²) in [5, 5.41) is 8.75. The Morgan fingerprint density at radius 3 is 1.93 bits per heavy atom. The Morgan fingerprint density at radius 1 is 0.933 bits per heavy atom. The minimum absolute atomic E-state index is 0.227. The van der Waals surface area contributed by atoms with E-state index >= 15 is 0 Å². The number of aromatic nitrogens is 1. The molecule has 1 heterocycles. The summed E-state index contributed by atoms with van der Waals surface area (Å²) in [5.74, 6) is 0.227. The smallest absolute Gasteiger partial charge is 0.134 e. The number of pyridine rings is 1. The monoisotopic (exact) mass is 201 g/mol. The summed E-state index contributed by atoms with van der Waals surface area (Å²) in [5.41, 5.74) is 2.30. The molecule has 2 aromatic rings. The molecule has 0 atom stereocenters. The molecule has 0 aliphatic carbocycles. The van der Waals surface area contributed by atoms with Crippen LogP contribution in [0.2, 0.25) is 0 Å². The summed E-state index contributed by atoms with van der Waals surface area (Å²) < 4.78 is 0. The first-order chi connectivity index (χ1) is 7.18. The van der Waals surface area contributed by atoms with Crippen LogP contribution in [0, 0.1) is 13.8 Å². The molecule has 0 amide bonds. The van der Waals surface area contributed by atoms with Crippen LogP contribution < -0.4 is 0 Å². The molecule has 0 unspecified atom stereocenters. The van der Waals surface area contributed by atoms with Crippen molar-refractivity contribution in [3.05, 3.63) is 59.9 Å². The first kappa shape index (κ1) is 11.2. The van der Waals surface area contributed by atoms with Crippen molar-refractivity contribution in [3.63, 3.8) is 0 Å². The average molecular weight is 201 g/mol. The maximum absolute atomic E-state index is 8.75. The number of nitrogens with zero attached hydrogens (tertiary/aromatic N) is 1. The van der Waals surface area contributed by atoms with Crippen molar-refractivity contribution in [2.75, 3.05) is 0 Å². The molecule has 0 saturated heterocycles. The van der Waals surface area contributed by atoms with Crippen LogP contribution >= 0.6 is 0 Å². The lowest BCUT2D eigenvalue weighted by Crippen LogP contribution is -1.72. The zero-order chi connectivity index (χ0) is 11.1. The zero-order valence-electron chi connectivity index (χ0n) is 9.01. The van der Waals surface area contributed by atoms with Crippen molar-refractivity contribution in [3.8, 4) is 5.75 Å². The summed E-state index contributed by atoms with van der Waals surface area (Å²) in [6.07, 6.45) is 3.10. The molecule has 0 aliphatic rings. The molecule has 0 fully saturated rings. The van der Waals surface area contributed by atoms with E-state index in [1.165, 1.54) is 11.8 Å². The predicted molar refractivity (Wildman–Crippen MR) is 61.8 cm³/mol. The molecule has 1 aromatic heterocycles. The molecule has 15 heavy (non-hydrogen) atoms. The van der Waals surface area contributed by atoms with Gasteiger partial charge in [-0.05, 0) is 25.5 Å². The maximum Gasteiger partial charge on any atom is 0.134 e. The third kappa shape index (κ3) is 4.81. The third-order valence-electron chi connectivity index (χ3n) is 1.80. The molecule has 2 nitrogen and oxygen atoms in total. The molecule has 1 N–H and O–H groups in total. The second kappa shape index (κ2) is 5.81. The van der Waals surface area contributed by atoms with Gasteiger partial charge in [0.25, 0.3) is 0 Å². The van der Waals surface area contributed by atoms with Gasteiger partial charge in [-0.25, -0.2) is 0 Å². The van der Waals surface area contributed by atoms with Crippen LogP contribution in [0.5, 0.6) is 5.75 Å². The average Bonchev–Trinajstić information content (AvgIpc) is 2.19. The number of hydrogen-bond donors (Lipinski definition) is 1. The normalized spacial score (nSPS) is 8.93. The van der Waals surface area contributed by atoms with Crippen molar-refractivity contribution in [2.45, 2.75) is 13.8 Å². The quantitative estimate of drug-likeness (QED) is 0.710. The standard InChI is InChI=1S/C7H8.C6H7NO/c1-7-5-3-2-4-6-7;1-5-2-6(8)4-7-3-5/h2-6H,1H3;2-4,8H,1H3. The molecular weight excluding hydrogens is 186 g/mol. The van der Waals surface area contributed by atoms with Crippen LogP contribution in [-0.4, -0.2) is 10.1 Å². The van der Waals surface area contributed by atoms with Crippen molar-refractivity contribution < 1.29 is 5.11 Å². The van der Waals surface area contributed by atoms with E-state index < -0.39 is 0 Å². The topological polar surface area (TPSA) is 33.1 Å². The van der Waals surface area contributed by atoms with Crippen molar-refractivity contribution >= 4 is 0 Å². The number of aromatic hydroxyl groups is 1. The van der Waals surface area contributed by atoms with E-state index in [4.69, 9.17) is 5.11 Å². The van der Waals surface area contributed by atoms with Crippen molar-refractivity contribution in [2.24, 2.45) is 0 Å². The van der Waals surface area contributed by atoms with E-state index in [2.05, 4.69) is 24.0 Å². The van der Waals surface area contributed by atoms with Gasteiger partial charge in [0.05, 0.1) is 6.20 Å². The molecule has 0 spiro atoms. The molecule has 0 radical (unpaired) electrons. The summed E-state index contributed by atoms with van der Waals surface area (Å²) in [7, 11) is 0. The van der Waals surface area contributed by atoms with Crippen molar-refractivity contribution in [1.29, 1.82) is 0 Å². The fourth-order valence-corrected chi connectivity index (χ4v) is 1.07. The lowest BCUT2D eigenvalue weighted by Gasteiger charge is -1.89. The van der Waals surface area contributed by atoms with Crippen LogP contribution in [0.3, 0.4) is 0 Å². The molecule has 0 saturated carbocycles. The highest BCUT2D eigenvalue weighted by Crippen LogP contribution is 2.05. The highest BCUT2D eigenvalue weighted by Gasteiger charge is 1.84. The van der Waals surface area contributed by atoms with E-state index in [-0.39, 0.29) is 5.75 Å². The number of benzene rings is 1. The second-order valence-electron chi connectivity index (χ2n) is 3.38. The Hall–Kier alpha value is -1.83. The van der Waals surface area contributed by atoms with Gasteiger partial charge in [0.15, 0.2) is 0 Å². The van der Waals surface area contributed by atoms with Gasteiger partial charge in [-0.1, -0.05) is 35.9 Å². The van der Waals surface area contributed by atoms with E-state index in [1.54, 1.807) is 12.3 Å². The molecule has 2 rings (SSSR count). The number of rotatable bonds is 0. The minimum atomic E-state index is 0.227. The highest BCUT2D eigenvalue weighted by molar-refractivity contribution is 5.20. The SMILES string of the molecule is Cc1ccccc1.Cc1cncc(O)c1. The first-order valence-corrected chi connectivity index (χ1v) is 4.81. The van der Waals surface area contributed by atoms with Crippen molar-refractivity contribution in [1.82, 2.24) is 4.98 Å². The second-order valence-corrected chi connectivity index (χ2v) is 3.38. The van der Waals surface area contributed by atoms with Gasteiger partial charge in [0, 0.05) is 6.20 Å². The fourth-order valence-electron chi connectivity index (χ4n) is 1.07. The molecule has 1 aromatic carbocycles. The Kier molecular flexibility index (Phi) is 4.35. The summed E-state index contributed by atoms with van der Waals surface area (Å²) in [6.45, 7) is 3.96. The van der Waals surface area contributed by atoms with Crippen LogP contribution in [0.4, 0.5) is 0 Å². The summed E-state index contributed by atoms with van der Waals surface area (Å²) >= 11 is 0. The van der Waals surface area contributed by atoms with E-state index in [0.29, 0.717) is 0 Å². The predicted octanol–water partition coefficient (Wildman–Crippen LogP) is 3.09. The van der Waals surface area contributed by atoms with Gasteiger partial charge >= 0.3 is 0 Å². The van der Waals surface area contributed by atoms with Gasteiger partial charge in [-0.15, -0.1) is 0 Å². The largest absolute Gasteiger partial charge is 0.506 e. The Morgan fingerprint density at radius 2 is 1.60 bits per heavy atom. The van der Waals surface area contributed by atoms with Crippen LogP contribution in [0.15, 0.2) is 48.8 Å². The Labute approximate surface area is 90.2 Å². The van der Waals surface area contributed by atoms with Crippen LogP contribution in [0.1, 0.15) is 11.1 Å². The van der Waals surface area contributed by atoms with Gasteiger partial charge in [-0.3, -0.25) is 4.98 Å². The summed E-state index contributed by atoms with van der Waals surface area (Å²) in [4.78, 5) is 3.73. The third-order valence-corrected chi connectivity index (χ3v) is 1.80. The van der Waals surface area contributed by atoms with Gasteiger partial charge in [-0.2, -0.15) is 0 Å².